The van der Waals surface area contributed by atoms with E-state index in [9.17, 15) is 13.6 Å². The number of fused-ring (bicyclic) bond motifs is 1. The highest BCUT2D eigenvalue weighted by Gasteiger charge is 2.13. The maximum Gasteiger partial charge on any atom is 0.357 e. The van der Waals surface area contributed by atoms with Crippen molar-refractivity contribution in [1.29, 1.82) is 0 Å². The van der Waals surface area contributed by atoms with Gasteiger partial charge in [0, 0.05) is 17.7 Å². The molecule has 106 valence electrons. The molecule has 2 aromatic heterocycles. The number of aromatic nitrogens is 3. The van der Waals surface area contributed by atoms with E-state index >= 15 is 0 Å². The number of rotatable bonds is 4. The Labute approximate surface area is 113 Å². The van der Waals surface area contributed by atoms with Gasteiger partial charge in [0.1, 0.15) is 0 Å². The molecule has 0 bridgehead atoms. The monoisotopic (exact) mass is 281 g/mol. The molecular formula is C13H13F2N3O2. The number of carbonyl (C=O) groups excluding carboxylic acids is 1. The number of pyridine rings is 1. The van der Waals surface area contributed by atoms with Crippen molar-refractivity contribution in [2.24, 2.45) is 0 Å². The van der Waals surface area contributed by atoms with E-state index in [0.717, 1.165) is 6.08 Å². The fourth-order valence-corrected chi connectivity index (χ4v) is 1.66. The summed E-state index contributed by atoms with van der Waals surface area (Å²) >= 11 is 0. The van der Waals surface area contributed by atoms with E-state index in [4.69, 9.17) is 4.74 Å². The van der Waals surface area contributed by atoms with Gasteiger partial charge in [-0.15, -0.1) is 0 Å². The molecule has 0 spiro atoms. The third-order valence-corrected chi connectivity index (χ3v) is 2.50. The maximum atomic E-state index is 12.1. The Kier molecular flexibility index (Phi) is 4.07. The fraction of sp³-hybridized carbons (Fsp3) is 0.308. The first-order valence-electron chi connectivity index (χ1n) is 6.01. The van der Waals surface area contributed by atoms with Crippen molar-refractivity contribution in [3.63, 3.8) is 0 Å². The van der Waals surface area contributed by atoms with Crippen LogP contribution in [0.1, 0.15) is 24.3 Å². The third-order valence-electron chi connectivity index (χ3n) is 2.50. The zero-order valence-electron chi connectivity index (χ0n) is 11.0. The smallest absolute Gasteiger partial charge is 0.357 e. The third kappa shape index (κ3) is 3.17. The van der Waals surface area contributed by atoms with Crippen molar-refractivity contribution in [3.8, 4) is 0 Å². The lowest BCUT2D eigenvalue weighted by Gasteiger charge is -2.07. The van der Waals surface area contributed by atoms with Crippen molar-refractivity contribution in [2.45, 2.75) is 26.5 Å². The lowest BCUT2D eigenvalue weighted by molar-refractivity contribution is 0.0371. The van der Waals surface area contributed by atoms with Crippen molar-refractivity contribution in [3.05, 3.63) is 36.3 Å². The van der Waals surface area contributed by atoms with Gasteiger partial charge in [-0.25, -0.2) is 9.78 Å². The molecule has 5 nitrogen and oxygen atoms in total. The van der Waals surface area contributed by atoms with Crippen LogP contribution in [0.2, 0.25) is 0 Å². The molecule has 0 aliphatic carbocycles. The molecule has 0 radical (unpaired) electrons. The molecule has 0 N–H and O–H groups in total. The fourth-order valence-electron chi connectivity index (χ4n) is 1.66. The van der Waals surface area contributed by atoms with Crippen molar-refractivity contribution >= 4 is 16.9 Å². The second kappa shape index (κ2) is 5.77. The molecule has 0 aromatic carbocycles. The van der Waals surface area contributed by atoms with Crippen LogP contribution in [0.5, 0.6) is 0 Å². The van der Waals surface area contributed by atoms with Crippen LogP contribution in [0.4, 0.5) is 8.78 Å². The number of nitrogens with zero attached hydrogens (tertiary/aromatic N) is 3. The zero-order chi connectivity index (χ0) is 14.7. The Morgan fingerprint density at radius 1 is 1.45 bits per heavy atom. The predicted molar refractivity (Wildman–Crippen MR) is 68.4 cm³/mol. The average Bonchev–Trinajstić information content (AvgIpc) is 2.77. The summed E-state index contributed by atoms with van der Waals surface area (Å²) in [5, 5.41) is 4.64. The van der Waals surface area contributed by atoms with Crippen molar-refractivity contribution in [1.82, 2.24) is 14.8 Å². The molecule has 0 amide bonds. The Bertz CT molecular complexity index is 661. The first kappa shape index (κ1) is 14.1. The van der Waals surface area contributed by atoms with Crippen molar-refractivity contribution < 1.29 is 18.3 Å². The summed E-state index contributed by atoms with van der Waals surface area (Å²) in [5.41, 5.74) is 0.672. The van der Waals surface area contributed by atoms with Gasteiger partial charge in [0.05, 0.1) is 24.4 Å². The largest absolute Gasteiger partial charge is 0.458 e. The summed E-state index contributed by atoms with van der Waals surface area (Å²) in [5.74, 6) is -0.554. The van der Waals surface area contributed by atoms with E-state index < -0.39 is 12.0 Å². The van der Waals surface area contributed by atoms with E-state index in [0.29, 0.717) is 10.9 Å². The van der Waals surface area contributed by atoms with E-state index in [-0.39, 0.29) is 18.3 Å². The standard InChI is InChI=1S/C13H13F2N3O2/c1-8(2)20-13(19)10-5-11-9(6-16-10)7-17-18(11)4-3-12(14)15/h3,5-8H,4H2,1-2H3. The summed E-state index contributed by atoms with van der Waals surface area (Å²) < 4.78 is 30.6. The molecule has 2 rings (SSSR count). The van der Waals surface area contributed by atoms with E-state index in [1.165, 1.54) is 23.1 Å². The lowest BCUT2D eigenvalue weighted by atomic mass is 10.3. The minimum absolute atomic E-state index is 0.0749. The van der Waals surface area contributed by atoms with Gasteiger partial charge in [0.15, 0.2) is 5.69 Å². The number of carbonyl (C=O) groups is 1. The average molecular weight is 281 g/mol. The highest BCUT2D eigenvalue weighted by atomic mass is 19.3. The number of ether oxygens (including phenoxy) is 1. The molecule has 20 heavy (non-hydrogen) atoms. The van der Waals surface area contributed by atoms with Gasteiger partial charge in [0.25, 0.3) is 6.08 Å². The number of esters is 1. The number of hydrogen-bond acceptors (Lipinski definition) is 4. The van der Waals surface area contributed by atoms with Gasteiger partial charge in [-0.3, -0.25) is 4.68 Å². The summed E-state index contributed by atoms with van der Waals surface area (Å²) in [6, 6.07) is 1.48. The second-order valence-electron chi connectivity index (χ2n) is 4.40. The van der Waals surface area contributed by atoms with Gasteiger partial charge >= 0.3 is 5.97 Å². The molecule has 0 fully saturated rings. The summed E-state index contributed by atoms with van der Waals surface area (Å²) in [6.07, 6.45) is 1.68. The van der Waals surface area contributed by atoms with Crippen LogP contribution in [0, 0.1) is 0 Å². The lowest BCUT2D eigenvalue weighted by Crippen LogP contribution is -2.13. The molecule has 0 unspecified atom stereocenters. The molecule has 0 aliphatic rings. The Balaban J connectivity index is 2.34. The first-order chi connectivity index (χ1) is 9.47. The molecule has 0 saturated heterocycles. The minimum Gasteiger partial charge on any atom is -0.458 e. The number of halogens is 2. The van der Waals surface area contributed by atoms with Crippen LogP contribution in [0.3, 0.4) is 0 Å². The van der Waals surface area contributed by atoms with Gasteiger partial charge in [-0.1, -0.05) is 0 Å². The molecule has 2 heterocycles. The molecule has 7 heteroatoms. The van der Waals surface area contributed by atoms with Gasteiger partial charge < -0.3 is 4.74 Å². The second-order valence-corrected chi connectivity index (χ2v) is 4.40. The SMILES string of the molecule is CC(C)OC(=O)c1cc2c(cn1)cnn2CC=C(F)F. The van der Waals surface area contributed by atoms with Crippen molar-refractivity contribution in [2.75, 3.05) is 0 Å². The maximum absolute atomic E-state index is 12.1. The molecule has 0 atom stereocenters. The van der Waals surface area contributed by atoms with Gasteiger partial charge in [-0.2, -0.15) is 13.9 Å². The highest BCUT2D eigenvalue weighted by Crippen LogP contribution is 2.15. The van der Waals surface area contributed by atoms with Crippen LogP contribution in [0.15, 0.2) is 30.6 Å². The number of hydrogen-bond donors (Lipinski definition) is 0. The van der Waals surface area contributed by atoms with Crippen LogP contribution in [0.25, 0.3) is 10.9 Å². The zero-order valence-corrected chi connectivity index (χ0v) is 11.0. The quantitative estimate of drug-likeness (QED) is 0.809. The van der Waals surface area contributed by atoms with Crippen LogP contribution in [-0.4, -0.2) is 26.8 Å². The molecular weight excluding hydrogens is 268 g/mol. The Morgan fingerprint density at radius 3 is 2.85 bits per heavy atom. The highest BCUT2D eigenvalue weighted by molar-refractivity contribution is 5.91. The predicted octanol–water partition coefficient (Wildman–Crippen LogP) is 2.78. The summed E-state index contributed by atoms with van der Waals surface area (Å²) in [4.78, 5) is 15.7. The topological polar surface area (TPSA) is 57.0 Å². The van der Waals surface area contributed by atoms with Gasteiger partial charge in [-0.05, 0) is 19.9 Å². The van der Waals surface area contributed by atoms with Crippen LogP contribution < -0.4 is 0 Å². The summed E-state index contributed by atoms with van der Waals surface area (Å²) in [6.45, 7) is 3.39. The van der Waals surface area contributed by atoms with E-state index in [1.54, 1.807) is 13.8 Å². The van der Waals surface area contributed by atoms with E-state index in [1.807, 2.05) is 0 Å². The Morgan fingerprint density at radius 2 is 2.20 bits per heavy atom. The minimum atomic E-state index is -1.78. The molecule has 0 saturated carbocycles. The Hall–Kier alpha value is -2.31. The first-order valence-corrected chi connectivity index (χ1v) is 6.01. The molecule has 0 aliphatic heterocycles. The van der Waals surface area contributed by atoms with Crippen LogP contribution >= 0.6 is 0 Å². The summed E-state index contributed by atoms with van der Waals surface area (Å²) in [7, 11) is 0. The van der Waals surface area contributed by atoms with Crippen LogP contribution in [-0.2, 0) is 11.3 Å². The number of allylic oxidation sites excluding steroid dienone is 1. The van der Waals surface area contributed by atoms with Gasteiger partial charge in [0.2, 0.25) is 0 Å². The normalized spacial score (nSPS) is 10.8. The van der Waals surface area contributed by atoms with E-state index in [2.05, 4.69) is 10.1 Å². The molecule has 2 aromatic rings.